The van der Waals surface area contributed by atoms with Crippen molar-refractivity contribution in [1.82, 2.24) is 24.2 Å². The van der Waals surface area contributed by atoms with Gasteiger partial charge < -0.3 is 0 Å². The Hall–Kier alpha value is -2.28. The Morgan fingerprint density at radius 1 is 1.20 bits per heavy atom. The van der Waals surface area contributed by atoms with Gasteiger partial charge in [-0.05, 0) is 44.9 Å². The first-order valence-corrected chi connectivity index (χ1v) is 8.86. The number of rotatable bonds is 3. The van der Waals surface area contributed by atoms with Crippen molar-refractivity contribution in [2.24, 2.45) is 0 Å². The van der Waals surface area contributed by atoms with Gasteiger partial charge in [0.25, 0.3) is 0 Å². The SMILES string of the molecule is CC(C)N1CC[C@@]2(CCn3c2nn(Cc2cccnc2)c(=O)c3=O)C1. The van der Waals surface area contributed by atoms with Gasteiger partial charge in [-0.25, -0.2) is 4.68 Å². The predicted octanol–water partition coefficient (Wildman–Crippen LogP) is 0.604. The summed E-state index contributed by atoms with van der Waals surface area (Å²) in [6.45, 7) is 7.17. The smallest absolute Gasteiger partial charge is 0.300 e. The standard InChI is InChI=1S/C18H23N5O2/c1-13(2)21-8-5-18(12-21)6-9-22-15(24)16(25)23(20-17(18)22)11-14-4-3-7-19-10-14/h3-4,7,10,13H,5-6,8-9,11-12H2,1-2H3/t18-/m1/s1. The number of pyridine rings is 1. The van der Waals surface area contributed by atoms with Crippen LogP contribution in [0.15, 0.2) is 34.1 Å². The minimum atomic E-state index is -0.552. The molecule has 2 aliphatic heterocycles. The molecule has 0 aliphatic carbocycles. The fraction of sp³-hybridized carbons (Fsp3) is 0.556. The average Bonchev–Trinajstić information content (AvgIpc) is 3.19. The number of aromatic nitrogens is 4. The van der Waals surface area contributed by atoms with Crippen molar-refractivity contribution < 1.29 is 0 Å². The molecule has 0 bridgehead atoms. The molecule has 25 heavy (non-hydrogen) atoms. The van der Waals surface area contributed by atoms with Crippen LogP contribution in [-0.2, 0) is 18.5 Å². The molecular weight excluding hydrogens is 318 g/mol. The summed E-state index contributed by atoms with van der Waals surface area (Å²) in [5.41, 5.74) is -0.241. The van der Waals surface area contributed by atoms with Crippen molar-refractivity contribution in [1.29, 1.82) is 0 Å². The van der Waals surface area contributed by atoms with Crippen molar-refractivity contribution in [2.75, 3.05) is 13.1 Å². The molecule has 7 nitrogen and oxygen atoms in total. The van der Waals surface area contributed by atoms with Gasteiger partial charge in [-0.2, -0.15) is 5.10 Å². The second-order valence-electron chi connectivity index (χ2n) is 7.45. The third-order valence-electron chi connectivity index (χ3n) is 5.59. The first kappa shape index (κ1) is 16.2. The van der Waals surface area contributed by atoms with E-state index in [-0.39, 0.29) is 12.0 Å². The van der Waals surface area contributed by atoms with E-state index in [1.807, 2.05) is 12.1 Å². The number of hydrogen-bond donors (Lipinski definition) is 0. The minimum absolute atomic E-state index is 0.103. The molecule has 0 radical (unpaired) electrons. The van der Waals surface area contributed by atoms with Crippen molar-refractivity contribution in [3.05, 3.63) is 56.6 Å². The van der Waals surface area contributed by atoms with Crippen LogP contribution in [0, 0.1) is 0 Å². The molecule has 0 saturated carbocycles. The van der Waals surface area contributed by atoms with Crippen molar-refractivity contribution >= 4 is 0 Å². The topological polar surface area (TPSA) is 73.0 Å². The summed E-state index contributed by atoms with van der Waals surface area (Å²) in [5, 5.41) is 4.65. The van der Waals surface area contributed by atoms with Crippen molar-refractivity contribution in [3.63, 3.8) is 0 Å². The molecule has 2 aliphatic rings. The number of fused-ring (bicyclic) bond motifs is 2. The van der Waals surface area contributed by atoms with E-state index in [2.05, 4.69) is 28.8 Å². The molecular formula is C18H23N5O2. The first-order valence-electron chi connectivity index (χ1n) is 8.86. The predicted molar refractivity (Wildman–Crippen MR) is 93.7 cm³/mol. The van der Waals surface area contributed by atoms with Crippen LogP contribution in [0.2, 0.25) is 0 Å². The molecule has 132 valence electrons. The normalized spacial score (nSPS) is 22.8. The minimum Gasteiger partial charge on any atom is -0.300 e. The summed E-state index contributed by atoms with van der Waals surface area (Å²) < 4.78 is 2.92. The number of nitrogens with zero attached hydrogens (tertiary/aromatic N) is 5. The van der Waals surface area contributed by atoms with Gasteiger partial charge in [0, 0.05) is 36.9 Å². The van der Waals surface area contributed by atoms with Gasteiger partial charge in [-0.1, -0.05) is 6.07 Å². The van der Waals surface area contributed by atoms with Crippen LogP contribution < -0.4 is 11.1 Å². The number of likely N-dealkylation sites (tertiary alicyclic amines) is 1. The van der Waals surface area contributed by atoms with E-state index in [1.165, 1.54) is 4.68 Å². The molecule has 2 aromatic rings. The van der Waals surface area contributed by atoms with Crippen LogP contribution in [-0.4, -0.2) is 43.4 Å². The molecule has 0 aromatic carbocycles. The largest absolute Gasteiger partial charge is 0.332 e. The highest BCUT2D eigenvalue weighted by molar-refractivity contribution is 5.18. The van der Waals surface area contributed by atoms with Gasteiger partial charge in [0.15, 0.2) is 0 Å². The fourth-order valence-electron chi connectivity index (χ4n) is 4.08. The highest BCUT2D eigenvalue weighted by Crippen LogP contribution is 2.40. The molecule has 7 heteroatoms. The lowest BCUT2D eigenvalue weighted by atomic mass is 9.85. The van der Waals surface area contributed by atoms with Crippen LogP contribution in [0.1, 0.15) is 38.1 Å². The monoisotopic (exact) mass is 341 g/mol. The van der Waals surface area contributed by atoms with E-state index in [4.69, 9.17) is 0 Å². The number of hydrogen-bond acceptors (Lipinski definition) is 5. The van der Waals surface area contributed by atoms with Gasteiger partial charge in [0.1, 0.15) is 5.82 Å². The lowest BCUT2D eigenvalue weighted by Crippen LogP contribution is -2.45. The molecule has 1 spiro atoms. The Labute approximate surface area is 145 Å². The maximum Gasteiger partial charge on any atom is 0.332 e. The van der Waals surface area contributed by atoms with E-state index >= 15 is 0 Å². The van der Waals surface area contributed by atoms with Gasteiger partial charge >= 0.3 is 11.1 Å². The summed E-state index contributed by atoms with van der Waals surface area (Å²) in [4.78, 5) is 31.5. The Balaban J connectivity index is 1.76. The van der Waals surface area contributed by atoms with E-state index < -0.39 is 11.1 Å². The molecule has 0 unspecified atom stereocenters. The average molecular weight is 341 g/mol. The maximum atomic E-state index is 12.6. The highest BCUT2D eigenvalue weighted by Gasteiger charge is 2.47. The Bertz CT molecular complexity index is 902. The van der Waals surface area contributed by atoms with E-state index in [1.54, 1.807) is 17.0 Å². The summed E-state index contributed by atoms with van der Waals surface area (Å²) in [6, 6.07) is 4.18. The summed E-state index contributed by atoms with van der Waals surface area (Å²) in [5.74, 6) is 0.782. The first-order chi connectivity index (χ1) is 12.0. The summed E-state index contributed by atoms with van der Waals surface area (Å²) >= 11 is 0. The van der Waals surface area contributed by atoms with Crippen LogP contribution in [0.4, 0.5) is 0 Å². The zero-order valence-electron chi connectivity index (χ0n) is 14.7. The Morgan fingerprint density at radius 2 is 2.00 bits per heavy atom. The van der Waals surface area contributed by atoms with Gasteiger partial charge in [0.05, 0.1) is 6.54 Å². The van der Waals surface area contributed by atoms with Gasteiger partial charge in [-0.3, -0.25) is 24.0 Å². The van der Waals surface area contributed by atoms with E-state index in [0.29, 0.717) is 12.6 Å². The maximum absolute atomic E-state index is 12.6. The summed E-state index contributed by atoms with van der Waals surface area (Å²) in [7, 11) is 0. The zero-order valence-corrected chi connectivity index (χ0v) is 14.7. The summed E-state index contributed by atoms with van der Waals surface area (Å²) in [6.07, 6.45) is 5.26. The van der Waals surface area contributed by atoms with Gasteiger partial charge in [-0.15, -0.1) is 0 Å². The van der Waals surface area contributed by atoms with Gasteiger partial charge in [0.2, 0.25) is 0 Å². The Morgan fingerprint density at radius 3 is 2.68 bits per heavy atom. The van der Waals surface area contributed by atoms with E-state index in [0.717, 1.165) is 37.3 Å². The molecule has 1 atom stereocenters. The molecule has 0 N–H and O–H groups in total. The van der Waals surface area contributed by atoms with Crippen LogP contribution in [0.5, 0.6) is 0 Å². The lowest BCUT2D eigenvalue weighted by Gasteiger charge is -2.25. The lowest BCUT2D eigenvalue weighted by molar-refractivity contribution is 0.253. The second kappa shape index (κ2) is 5.91. The van der Waals surface area contributed by atoms with E-state index in [9.17, 15) is 9.59 Å². The molecule has 1 saturated heterocycles. The van der Waals surface area contributed by atoms with Crippen LogP contribution in [0.25, 0.3) is 0 Å². The van der Waals surface area contributed by atoms with Crippen LogP contribution in [0.3, 0.4) is 0 Å². The highest BCUT2D eigenvalue weighted by atomic mass is 16.2. The second-order valence-corrected chi connectivity index (χ2v) is 7.45. The van der Waals surface area contributed by atoms with Crippen LogP contribution >= 0.6 is 0 Å². The molecule has 0 amide bonds. The fourth-order valence-corrected chi connectivity index (χ4v) is 4.08. The van der Waals surface area contributed by atoms with Crippen molar-refractivity contribution in [3.8, 4) is 0 Å². The molecule has 4 heterocycles. The quantitative estimate of drug-likeness (QED) is 0.765. The third-order valence-corrected chi connectivity index (χ3v) is 5.59. The third kappa shape index (κ3) is 2.63. The molecule has 4 rings (SSSR count). The van der Waals surface area contributed by atoms with Crippen molar-refractivity contribution in [2.45, 2.75) is 51.2 Å². The zero-order chi connectivity index (χ0) is 17.6. The molecule has 1 fully saturated rings. The Kier molecular flexibility index (Phi) is 3.83. The molecule has 2 aromatic heterocycles.